The Morgan fingerprint density at radius 1 is 1.47 bits per heavy atom. The van der Waals surface area contributed by atoms with E-state index in [-0.39, 0.29) is 12.3 Å². The van der Waals surface area contributed by atoms with Crippen LogP contribution in [-0.4, -0.2) is 36.8 Å². The van der Waals surface area contributed by atoms with Crippen LogP contribution in [0.3, 0.4) is 0 Å². The Labute approximate surface area is 110 Å². The van der Waals surface area contributed by atoms with E-state index in [9.17, 15) is 9.59 Å². The number of nitrogens with one attached hydrogen (secondary N) is 1. The zero-order chi connectivity index (χ0) is 13.7. The van der Waals surface area contributed by atoms with Gasteiger partial charge in [0.2, 0.25) is 0 Å². The lowest BCUT2D eigenvalue weighted by atomic mass is 10.1. The molecule has 0 aromatic heterocycles. The topological polar surface area (TPSA) is 67.9 Å². The third-order valence-corrected chi connectivity index (χ3v) is 2.78. The average Bonchev–Trinajstić information content (AvgIpc) is 2.42. The van der Waals surface area contributed by atoms with E-state index >= 15 is 0 Å². The van der Waals surface area contributed by atoms with Gasteiger partial charge in [-0.15, -0.1) is 0 Å². The van der Waals surface area contributed by atoms with Crippen molar-refractivity contribution in [2.24, 2.45) is 0 Å². The van der Waals surface area contributed by atoms with Crippen LogP contribution in [0.1, 0.15) is 5.56 Å². The standard InChI is InChI=1S/C13H14N2O4/c1-18-15-7-11(12(15)8-16)14-13(17)19-9-10-5-3-2-4-6-10/h2-6,11H,7,9H2,1H3,(H,14,17)/t11-/m1/s1. The molecule has 1 fully saturated rings. The maximum absolute atomic E-state index is 11.5. The van der Waals surface area contributed by atoms with E-state index in [4.69, 9.17) is 9.57 Å². The summed E-state index contributed by atoms with van der Waals surface area (Å²) >= 11 is 0. The first-order valence-corrected chi connectivity index (χ1v) is 5.78. The lowest BCUT2D eigenvalue weighted by molar-refractivity contribution is -0.143. The van der Waals surface area contributed by atoms with Gasteiger partial charge in [0, 0.05) is 0 Å². The minimum atomic E-state index is -0.572. The molecule has 1 heterocycles. The third kappa shape index (κ3) is 3.13. The number of carbonyl (C=O) groups excluding carboxylic acids is 2. The lowest BCUT2D eigenvalue weighted by Crippen LogP contribution is -2.56. The van der Waals surface area contributed by atoms with Crippen LogP contribution in [0.5, 0.6) is 0 Å². The maximum atomic E-state index is 11.5. The summed E-state index contributed by atoms with van der Waals surface area (Å²) < 4.78 is 5.04. The summed E-state index contributed by atoms with van der Waals surface area (Å²) in [5.41, 5.74) is 1.16. The lowest BCUT2D eigenvalue weighted by Gasteiger charge is -2.38. The molecule has 1 aliphatic rings. The van der Waals surface area contributed by atoms with Gasteiger partial charge in [-0.05, 0) is 5.56 Å². The van der Waals surface area contributed by atoms with Crippen molar-refractivity contribution >= 4 is 12.0 Å². The Hall–Kier alpha value is -2.30. The van der Waals surface area contributed by atoms with Gasteiger partial charge in [0.25, 0.3) is 0 Å². The number of amides is 1. The zero-order valence-corrected chi connectivity index (χ0v) is 10.5. The van der Waals surface area contributed by atoms with Crippen molar-refractivity contribution < 1.29 is 19.2 Å². The summed E-state index contributed by atoms with van der Waals surface area (Å²) in [6.45, 7) is 0.592. The van der Waals surface area contributed by atoms with Gasteiger partial charge in [0.1, 0.15) is 24.3 Å². The van der Waals surface area contributed by atoms with Crippen molar-refractivity contribution in [3.8, 4) is 0 Å². The van der Waals surface area contributed by atoms with Crippen molar-refractivity contribution in [1.29, 1.82) is 0 Å². The van der Waals surface area contributed by atoms with Crippen molar-refractivity contribution in [3.05, 3.63) is 41.6 Å². The molecule has 1 aromatic carbocycles. The third-order valence-electron chi connectivity index (χ3n) is 2.78. The first kappa shape index (κ1) is 13.1. The molecule has 1 atom stereocenters. The van der Waals surface area contributed by atoms with E-state index < -0.39 is 12.1 Å². The normalized spacial score (nSPS) is 17.4. The molecule has 0 radical (unpaired) electrons. The van der Waals surface area contributed by atoms with Crippen LogP contribution in [0.4, 0.5) is 4.79 Å². The molecule has 1 aliphatic heterocycles. The van der Waals surface area contributed by atoms with Crippen molar-refractivity contribution in [2.45, 2.75) is 12.6 Å². The molecule has 6 heteroatoms. The van der Waals surface area contributed by atoms with Gasteiger partial charge < -0.3 is 10.1 Å². The SMILES string of the molecule is CON1C[C@@H](NC(=O)OCc2ccccc2)C1=C=O. The van der Waals surface area contributed by atoms with E-state index in [1.807, 2.05) is 30.3 Å². The average molecular weight is 262 g/mol. The van der Waals surface area contributed by atoms with Crippen LogP contribution in [0, 0.1) is 0 Å². The first-order valence-electron chi connectivity index (χ1n) is 5.78. The molecule has 100 valence electrons. The number of ether oxygens (including phenoxy) is 1. The molecule has 0 saturated carbocycles. The smallest absolute Gasteiger partial charge is 0.408 e. The number of alkyl carbamates (subject to hydrolysis) is 1. The zero-order valence-electron chi connectivity index (χ0n) is 10.5. The minimum Gasteiger partial charge on any atom is -0.445 e. The second kappa shape index (κ2) is 6.04. The Morgan fingerprint density at radius 3 is 2.84 bits per heavy atom. The minimum absolute atomic E-state index is 0.188. The second-order valence-corrected chi connectivity index (χ2v) is 3.99. The predicted molar refractivity (Wildman–Crippen MR) is 66.5 cm³/mol. The fourth-order valence-electron chi connectivity index (χ4n) is 1.73. The van der Waals surface area contributed by atoms with Gasteiger partial charge in [-0.25, -0.2) is 14.7 Å². The highest BCUT2D eigenvalue weighted by Crippen LogP contribution is 2.19. The van der Waals surface area contributed by atoms with Gasteiger partial charge in [-0.2, -0.15) is 0 Å². The van der Waals surface area contributed by atoms with Gasteiger partial charge in [-0.3, -0.25) is 4.84 Å². The number of hydrogen-bond donors (Lipinski definition) is 1. The van der Waals surface area contributed by atoms with Crippen molar-refractivity contribution in [3.63, 3.8) is 0 Å². The number of rotatable bonds is 4. The van der Waals surface area contributed by atoms with Gasteiger partial charge in [-0.1, -0.05) is 30.3 Å². The largest absolute Gasteiger partial charge is 0.445 e. The van der Waals surface area contributed by atoms with Crippen LogP contribution in [-0.2, 0) is 21.0 Å². The number of benzene rings is 1. The van der Waals surface area contributed by atoms with Crippen LogP contribution >= 0.6 is 0 Å². The van der Waals surface area contributed by atoms with Crippen molar-refractivity contribution in [2.75, 3.05) is 13.7 Å². The Kier molecular flexibility index (Phi) is 4.18. The molecule has 1 saturated heterocycles. The molecular weight excluding hydrogens is 248 g/mol. The number of hydroxylamine groups is 2. The molecule has 0 bridgehead atoms. The summed E-state index contributed by atoms with van der Waals surface area (Å²) in [5, 5.41) is 3.93. The molecular formula is C13H14N2O4. The molecule has 0 aliphatic carbocycles. The fourth-order valence-corrected chi connectivity index (χ4v) is 1.73. The monoisotopic (exact) mass is 262 g/mol. The van der Waals surface area contributed by atoms with Gasteiger partial charge in [0.15, 0.2) is 0 Å². The summed E-state index contributed by atoms with van der Waals surface area (Å²) in [7, 11) is 1.45. The molecule has 0 spiro atoms. The van der Waals surface area contributed by atoms with E-state index in [0.29, 0.717) is 6.54 Å². The maximum Gasteiger partial charge on any atom is 0.408 e. The van der Waals surface area contributed by atoms with E-state index in [1.165, 1.54) is 12.2 Å². The molecule has 6 nitrogen and oxygen atoms in total. The Bertz CT molecular complexity index is 497. The summed E-state index contributed by atoms with van der Waals surface area (Å²) in [4.78, 5) is 27.1. The second-order valence-electron chi connectivity index (χ2n) is 3.99. The highest BCUT2D eigenvalue weighted by molar-refractivity contribution is 5.70. The highest BCUT2D eigenvalue weighted by Gasteiger charge is 2.36. The number of nitrogens with zero attached hydrogens (tertiary/aromatic N) is 1. The molecule has 1 aromatic rings. The van der Waals surface area contributed by atoms with Crippen LogP contribution in [0.25, 0.3) is 0 Å². The molecule has 2 rings (SSSR count). The van der Waals surface area contributed by atoms with Crippen molar-refractivity contribution in [1.82, 2.24) is 10.4 Å². The summed E-state index contributed by atoms with van der Waals surface area (Å²) in [5.74, 6) is 1.73. The molecule has 0 unspecified atom stereocenters. The molecule has 1 N–H and O–H groups in total. The predicted octanol–water partition coefficient (Wildman–Crippen LogP) is 0.874. The quantitative estimate of drug-likeness (QED) is 0.816. The molecule has 1 amide bonds. The summed E-state index contributed by atoms with van der Waals surface area (Å²) in [6, 6.07) is 8.94. The highest BCUT2D eigenvalue weighted by atomic mass is 16.7. The Balaban J connectivity index is 1.78. The number of carbonyl (C=O) groups is 1. The van der Waals surface area contributed by atoms with Gasteiger partial charge in [0.05, 0.1) is 13.7 Å². The van der Waals surface area contributed by atoms with Crippen LogP contribution < -0.4 is 5.32 Å². The van der Waals surface area contributed by atoms with Gasteiger partial charge >= 0.3 is 6.09 Å². The summed E-state index contributed by atoms with van der Waals surface area (Å²) in [6.07, 6.45) is -0.572. The van der Waals surface area contributed by atoms with E-state index in [0.717, 1.165) is 5.56 Å². The van der Waals surface area contributed by atoms with Crippen LogP contribution in [0.15, 0.2) is 36.0 Å². The first-order chi connectivity index (χ1) is 9.24. The molecule has 19 heavy (non-hydrogen) atoms. The van der Waals surface area contributed by atoms with E-state index in [1.54, 1.807) is 5.94 Å². The number of hydrogen-bond acceptors (Lipinski definition) is 5. The Morgan fingerprint density at radius 2 is 2.21 bits per heavy atom. The fraction of sp³-hybridized carbons (Fsp3) is 0.308. The van der Waals surface area contributed by atoms with Crippen LogP contribution in [0.2, 0.25) is 0 Å². The van der Waals surface area contributed by atoms with E-state index in [2.05, 4.69) is 5.32 Å².